The van der Waals surface area contributed by atoms with Gasteiger partial charge in [0.1, 0.15) is 5.52 Å². The maximum Gasteiger partial charge on any atom is 0.262 e. The molecule has 0 atom stereocenters. The number of nitrogens with zero attached hydrogens (tertiary/aromatic N) is 2. The maximum atomic E-state index is 12.9. The minimum atomic E-state index is 0.000448. The monoisotopic (exact) mass is 338 g/mol. The largest absolute Gasteiger partial charge is 0.330 e. The van der Waals surface area contributed by atoms with Gasteiger partial charge in [-0.2, -0.15) is 16.4 Å². The zero-order valence-corrected chi connectivity index (χ0v) is 14.2. The summed E-state index contributed by atoms with van der Waals surface area (Å²) in [7, 11) is 0. The fourth-order valence-corrected chi connectivity index (χ4v) is 3.84. The summed E-state index contributed by atoms with van der Waals surface area (Å²) in [5, 5.41) is 13.2. The number of aromatic nitrogens is 3. The van der Waals surface area contributed by atoms with E-state index in [1.54, 1.807) is 11.3 Å². The normalized spacial score (nSPS) is 11.6. The van der Waals surface area contributed by atoms with E-state index < -0.39 is 0 Å². The van der Waals surface area contributed by atoms with Crippen molar-refractivity contribution in [3.05, 3.63) is 51.1 Å². The Balaban J connectivity index is 2.08. The van der Waals surface area contributed by atoms with Crippen molar-refractivity contribution in [3.8, 4) is 11.1 Å². The molecule has 0 unspecified atom stereocenters. The Morgan fingerprint density at radius 3 is 2.92 bits per heavy atom. The van der Waals surface area contributed by atoms with Gasteiger partial charge in [0.2, 0.25) is 0 Å². The minimum Gasteiger partial charge on any atom is -0.330 e. The molecular weight excluding hydrogens is 320 g/mol. The third-order valence-corrected chi connectivity index (χ3v) is 5.07. The van der Waals surface area contributed by atoms with Crippen LogP contribution in [0.4, 0.5) is 0 Å². The smallest absolute Gasteiger partial charge is 0.262 e. The molecule has 0 saturated heterocycles. The number of rotatable bonds is 4. The third kappa shape index (κ3) is 2.26. The number of thiophene rings is 1. The highest BCUT2D eigenvalue weighted by Crippen LogP contribution is 2.29. The molecule has 0 saturated carbocycles. The number of fused-ring (bicyclic) bond motifs is 3. The molecule has 0 aliphatic rings. The molecule has 0 fully saturated rings. The van der Waals surface area contributed by atoms with Gasteiger partial charge in [0.05, 0.1) is 10.9 Å². The van der Waals surface area contributed by atoms with E-state index in [2.05, 4.69) is 39.2 Å². The van der Waals surface area contributed by atoms with Crippen LogP contribution in [0.5, 0.6) is 0 Å². The molecule has 0 aliphatic heterocycles. The summed E-state index contributed by atoms with van der Waals surface area (Å²) in [5.41, 5.74) is 10.4. The number of hydrogen-bond acceptors (Lipinski definition) is 4. The summed E-state index contributed by atoms with van der Waals surface area (Å²) in [4.78, 5) is 12.9. The lowest BCUT2D eigenvalue weighted by Crippen LogP contribution is -2.22. The number of nitrogens with one attached hydrogen (secondary N) is 1. The number of H-pyrrole nitrogens is 1. The Kier molecular flexibility index (Phi) is 3.70. The number of aryl methyl sites for hydroxylation is 2. The molecule has 6 heteroatoms. The van der Waals surface area contributed by atoms with E-state index in [0.29, 0.717) is 18.5 Å². The van der Waals surface area contributed by atoms with E-state index in [-0.39, 0.29) is 5.56 Å². The van der Waals surface area contributed by atoms with Gasteiger partial charge in [-0.3, -0.25) is 9.89 Å². The average Bonchev–Trinajstić information content (AvgIpc) is 3.24. The molecular formula is C18H18N4OS. The van der Waals surface area contributed by atoms with Crippen LogP contribution in [0.15, 0.2) is 39.8 Å². The summed E-state index contributed by atoms with van der Waals surface area (Å²) >= 11 is 1.67. The lowest BCUT2D eigenvalue weighted by molar-refractivity contribution is 0.654. The predicted molar refractivity (Wildman–Crippen MR) is 99.6 cm³/mol. The first kappa shape index (κ1) is 15.1. The van der Waals surface area contributed by atoms with E-state index in [0.717, 1.165) is 34.1 Å². The first-order valence-electron chi connectivity index (χ1n) is 7.94. The molecule has 1 aromatic carbocycles. The van der Waals surface area contributed by atoms with E-state index in [1.807, 2.05) is 17.6 Å². The van der Waals surface area contributed by atoms with Crippen LogP contribution in [0.3, 0.4) is 0 Å². The number of aromatic amines is 1. The van der Waals surface area contributed by atoms with Gasteiger partial charge in [-0.1, -0.05) is 6.07 Å². The minimum absolute atomic E-state index is 0.000448. The Morgan fingerprint density at radius 2 is 2.17 bits per heavy atom. The van der Waals surface area contributed by atoms with Crippen LogP contribution in [0.2, 0.25) is 0 Å². The lowest BCUT2D eigenvalue weighted by Gasteiger charge is -2.12. The highest BCUT2D eigenvalue weighted by Gasteiger charge is 2.15. The first-order chi connectivity index (χ1) is 11.7. The number of pyridine rings is 1. The quantitative estimate of drug-likeness (QED) is 0.599. The lowest BCUT2D eigenvalue weighted by atomic mass is 10.0. The Morgan fingerprint density at radius 1 is 1.29 bits per heavy atom. The number of benzene rings is 1. The van der Waals surface area contributed by atoms with E-state index >= 15 is 0 Å². The molecule has 4 rings (SSSR count). The van der Waals surface area contributed by atoms with Crippen molar-refractivity contribution in [3.63, 3.8) is 0 Å². The second-order valence-electron chi connectivity index (χ2n) is 5.92. The van der Waals surface area contributed by atoms with Crippen molar-refractivity contribution >= 4 is 33.1 Å². The molecule has 0 radical (unpaired) electrons. The highest BCUT2D eigenvalue weighted by atomic mass is 32.1. The fraction of sp³-hybridized carbons (Fsp3) is 0.222. The Bertz CT molecular complexity index is 1080. The standard InChI is InChI=1S/C18H18N4OS/c1-11-16-17(21-20-11)14-9-12(13-5-8-24-10-13)3-4-15(14)22(18(16)23)7-2-6-19/h3-5,8-10H,2,6-7,19H2,1H3,(H,20,21). The van der Waals surface area contributed by atoms with Gasteiger partial charge in [0, 0.05) is 17.6 Å². The van der Waals surface area contributed by atoms with Crippen LogP contribution in [0.25, 0.3) is 32.9 Å². The van der Waals surface area contributed by atoms with E-state index in [4.69, 9.17) is 5.73 Å². The third-order valence-electron chi connectivity index (χ3n) is 4.39. The molecule has 0 bridgehead atoms. The second-order valence-corrected chi connectivity index (χ2v) is 6.70. The summed E-state index contributed by atoms with van der Waals surface area (Å²) in [6.45, 7) is 3.06. The van der Waals surface area contributed by atoms with Crippen molar-refractivity contribution in [2.45, 2.75) is 19.9 Å². The van der Waals surface area contributed by atoms with E-state index in [9.17, 15) is 4.79 Å². The molecule has 24 heavy (non-hydrogen) atoms. The second kappa shape index (κ2) is 5.89. The van der Waals surface area contributed by atoms with Crippen LogP contribution in [-0.4, -0.2) is 21.3 Å². The predicted octanol–water partition coefficient (Wildman–Crippen LogP) is 3.26. The van der Waals surface area contributed by atoms with Crippen LogP contribution in [-0.2, 0) is 6.54 Å². The van der Waals surface area contributed by atoms with Gasteiger partial charge in [-0.15, -0.1) is 0 Å². The zero-order chi connectivity index (χ0) is 16.7. The molecule has 0 aliphatic carbocycles. The molecule has 3 aromatic heterocycles. The summed E-state index contributed by atoms with van der Waals surface area (Å²) in [5.74, 6) is 0. The van der Waals surface area contributed by atoms with Crippen molar-refractivity contribution in [1.29, 1.82) is 0 Å². The molecule has 5 nitrogen and oxygen atoms in total. The van der Waals surface area contributed by atoms with Gasteiger partial charge in [-0.05, 0) is 60.0 Å². The topological polar surface area (TPSA) is 76.7 Å². The number of nitrogens with two attached hydrogens (primary N) is 1. The molecule has 0 amide bonds. The van der Waals surface area contributed by atoms with E-state index in [1.165, 1.54) is 5.56 Å². The van der Waals surface area contributed by atoms with Gasteiger partial charge in [-0.25, -0.2) is 0 Å². The zero-order valence-electron chi connectivity index (χ0n) is 13.4. The summed E-state index contributed by atoms with van der Waals surface area (Å²) < 4.78 is 1.82. The molecule has 3 N–H and O–H groups in total. The molecule has 122 valence electrons. The van der Waals surface area contributed by atoms with Crippen molar-refractivity contribution in [2.24, 2.45) is 5.73 Å². The fourth-order valence-electron chi connectivity index (χ4n) is 3.17. The molecule has 4 aromatic rings. The van der Waals surface area contributed by atoms with Gasteiger partial charge in [0.15, 0.2) is 0 Å². The Labute approximate surface area is 142 Å². The molecule has 0 spiro atoms. The van der Waals surface area contributed by atoms with Gasteiger partial charge < -0.3 is 10.3 Å². The van der Waals surface area contributed by atoms with Gasteiger partial charge in [0.25, 0.3) is 5.56 Å². The Hall–Kier alpha value is -2.44. The van der Waals surface area contributed by atoms with Crippen LogP contribution < -0.4 is 11.3 Å². The summed E-state index contributed by atoms with van der Waals surface area (Å²) in [6, 6.07) is 8.31. The first-order valence-corrected chi connectivity index (χ1v) is 8.89. The van der Waals surface area contributed by atoms with Crippen LogP contribution >= 0.6 is 11.3 Å². The van der Waals surface area contributed by atoms with Crippen molar-refractivity contribution in [2.75, 3.05) is 6.54 Å². The highest BCUT2D eigenvalue weighted by molar-refractivity contribution is 7.08. The van der Waals surface area contributed by atoms with Crippen molar-refractivity contribution in [1.82, 2.24) is 14.8 Å². The average molecular weight is 338 g/mol. The van der Waals surface area contributed by atoms with Crippen LogP contribution in [0, 0.1) is 6.92 Å². The molecule has 3 heterocycles. The summed E-state index contributed by atoms with van der Waals surface area (Å²) in [6.07, 6.45) is 0.768. The van der Waals surface area contributed by atoms with Gasteiger partial charge >= 0.3 is 0 Å². The number of hydrogen-bond donors (Lipinski definition) is 2. The van der Waals surface area contributed by atoms with Crippen LogP contribution in [0.1, 0.15) is 12.1 Å². The van der Waals surface area contributed by atoms with Crippen molar-refractivity contribution < 1.29 is 0 Å². The SMILES string of the molecule is Cc1[nH]nc2c1c(=O)n(CCCN)c1ccc(-c3ccsc3)cc21. The maximum absolute atomic E-state index is 12.9.